The summed E-state index contributed by atoms with van der Waals surface area (Å²) in [7, 11) is 0. The fourth-order valence-corrected chi connectivity index (χ4v) is 4.50. The molecule has 4 aromatic rings. The van der Waals surface area contributed by atoms with Crippen molar-refractivity contribution in [3.05, 3.63) is 97.6 Å². The average Bonchev–Trinajstić information content (AvgIpc) is 3.40. The number of thiophene rings is 1. The van der Waals surface area contributed by atoms with Gasteiger partial charge in [-0.05, 0) is 48.6 Å². The number of aromatic nitrogens is 2. The molecule has 10 heteroatoms. The minimum Gasteiger partial charge on any atom is -0.351 e. The van der Waals surface area contributed by atoms with Gasteiger partial charge in [0.2, 0.25) is 11.8 Å². The third kappa shape index (κ3) is 5.95. The monoisotopic (exact) mass is 508 g/mol. The first-order chi connectivity index (χ1) is 17.4. The number of rotatable bonds is 10. The van der Waals surface area contributed by atoms with Crippen molar-refractivity contribution in [2.75, 3.05) is 5.32 Å². The Morgan fingerprint density at radius 1 is 0.889 bits per heavy atom. The molecular weight excluding hydrogens is 483 g/mol. The topological polar surface area (TPSA) is 102 Å². The molecule has 0 saturated heterocycles. The number of halogens is 1. The van der Waals surface area contributed by atoms with Crippen molar-refractivity contribution in [1.82, 2.24) is 14.5 Å². The largest absolute Gasteiger partial charge is 0.351 e. The zero-order valence-electron chi connectivity index (χ0n) is 19.4. The first-order valence-electron chi connectivity index (χ1n) is 11.5. The highest BCUT2D eigenvalue weighted by Crippen LogP contribution is 2.13. The van der Waals surface area contributed by atoms with Crippen LogP contribution in [-0.4, -0.2) is 20.9 Å². The smallest absolute Gasteiger partial charge is 0.331 e. The number of nitrogens with zero attached hydrogens (tertiary/aromatic N) is 2. The Morgan fingerprint density at radius 2 is 1.67 bits per heavy atom. The molecule has 8 nitrogen and oxygen atoms in total. The molecule has 0 aliphatic carbocycles. The van der Waals surface area contributed by atoms with Gasteiger partial charge in [-0.2, -0.15) is 0 Å². The van der Waals surface area contributed by atoms with E-state index in [1.807, 2.05) is 17.5 Å². The Bertz CT molecular complexity index is 1490. The fourth-order valence-electron chi connectivity index (χ4n) is 3.86. The minimum atomic E-state index is -0.635. The van der Waals surface area contributed by atoms with Gasteiger partial charge in [0.05, 0.1) is 23.1 Å². The molecule has 4 rings (SSSR count). The SMILES string of the molecule is O=C(CCCCn1c(=O)c2ccccc2n(CC(=O)Nc2ccccc2F)c1=O)NCc1cccs1. The highest BCUT2D eigenvalue weighted by atomic mass is 32.1. The molecule has 36 heavy (non-hydrogen) atoms. The number of benzene rings is 2. The first kappa shape index (κ1) is 25.1. The lowest BCUT2D eigenvalue weighted by molar-refractivity contribution is -0.121. The number of nitrogens with one attached hydrogen (secondary N) is 2. The number of hydrogen-bond acceptors (Lipinski definition) is 5. The second kappa shape index (κ2) is 11.6. The van der Waals surface area contributed by atoms with Gasteiger partial charge in [0, 0.05) is 17.8 Å². The van der Waals surface area contributed by atoms with Gasteiger partial charge in [0.25, 0.3) is 5.56 Å². The number of anilines is 1. The molecule has 2 aromatic carbocycles. The Labute approximate surface area is 210 Å². The quantitative estimate of drug-likeness (QED) is 0.320. The molecule has 0 atom stereocenters. The summed E-state index contributed by atoms with van der Waals surface area (Å²) in [6.07, 6.45) is 1.19. The Morgan fingerprint density at radius 3 is 2.44 bits per heavy atom. The number of hydrogen-bond donors (Lipinski definition) is 2. The van der Waals surface area contributed by atoms with E-state index in [-0.39, 0.29) is 31.1 Å². The standard InChI is InChI=1S/C26H25FN4O4S/c27-20-10-2-3-11-21(20)29-24(33)17-31-22-12-4-1-9-19(22)25(34)30(26(31)35)14-6-5-13-23(32)28-16-18-8-7-15-36-18/h1-4,7-12,15H,5-6,13-14,16-17H2,(H,28,32)(H,29,33). The predicted molar refractivity (Wildman–Crippen MR) is 138 cm³/mol. The Kier molecular flexibility index (Phi) is 8.06. The molecule has 2 amide bonds. The summed E-state index contributed by atoms with van der Waals surface area (Å²) in [5, 5.41) is 7.56. The molecule has 2 aromatic heterocycles. The van der Waals surface area contributed by atoms with Crippen LogP contribution in [0.3, 0.4) is 0 Å². The molecule has 0 unspecified atom stereocenters. The predicted octanol–water partition coefficient (Wildman–Crippen LogP) is 3.49. The molecule has 0 radical (unpaired) electrons. The highest BCUT2D eigenvalue weighted by molar-refractivity contribution is 7.09. The van der Waals surface area contributed by atoms with Gasteiger partial charge in [-0.3, -0.25) is 23.5 Å². The minimum absolute atomic E-state index is 0.00512. The molecule has 0 aliphatic heterocycles. The van der Waals surface area contributed by atoms with Gasteiger partial charge in [-0.1, -0.05) is 30.3 Å². The van der Waals surface area contributed by atoms with Crippen molar-refractivity contribution in [2.24, 2.45) is 0 Å². The van der Waals surface area contributed by atoms with E-state index < -0.39 is 23.0 Å². The molecule has 2 heterocycles. The Balaban J connectivity index is 1.46. The van der Waals surface area contributed by atoms with Crippen molar-refractivity contribution in [3.8, 4) is 0 Å². The summed E-state index contributed by atoms with van der Waals surface area (Å²) >= 11 is 1.56. The van der Waals surface area contributed by atoms with Crippen LogP contribution >= 0.6 is 11.3 Å². The lowest BCUT2D eigenvalue weighted by Gasteiger charge is -2.14. The third-order valence-electron chi connectivity index (χ3n) is 5.66. The second-order valence-corrected chi connectivity index (χ2v) is 9.22. The zero-order valence-corrected chi connectivity index (χ0v) is 20.2. The lowest BCUT2D eigenvalue weighted by atomic mass is 10.2. The molecular formula is C26H25FN4O4S. The van der Waals surface area contributed by atoms with Crippen LogP contribution in [0.2, 0.25) is 0 Å². The van der Waals surface area contributed by atoms with E-state index in [4.69, 9.17) is 0 Å². The van der Waals surface area contributed by atoms with Crippen LogP contribution in [0, 0.1) is 5.82 Å². The third-order valence-corrected chi connectivity index (χ3v) is 6.53. The molecule has 0 saturated carbocycles. The lowest BCUT2D eigenvalue weighted by Crippen LogP contribution is -2.41. The van der Waals surface area contributed by atoms with Crippen LogP contribution in [0.15, 0.2) is 75.6 Å². The average molecular weight is 509 g/mol. The summed E-state index contributed by atoms with van der Waals surface area (Å²) in [5.41, 5.74) is -0.765. The number of unbranched alkanes of at least 4 members (excludes halogenated alkanes) is 1. The fraction of sp³-hybridized carbons (Fsp3) is 0.231. The van der Waals surface area contributed by atoms with Crippen LogP contribution in [-0.2, 0) is 29.2 Å². The van der Waals surface area contributed by atoms with E-state index in [1.54, 1.807) is 41.7 Å². The highest BCUT2D eigenvalue weighted by Gasteiger charge is 2.16. The van der Waals surface area contributed by atoms with E-state index in [1.165, 1.54) is 22.8 Å². The van der Waals surface area contributed by atoms with Crippen molar-refractivity contribution >= 4 is 39.7 Å². The van der Waals surface area contributed by atoms with Crippen molar-refractivity contribution in [3.63, 3.8) is 0 Å². The molecule has 0 bridgehead atoms. The van der Waals surface area contributed by atoms with Gasteiger partial charge in [0.15, 0.2) is 0 Å². The molecule has 2 N–H and O–H groups in total. The number of fused-ring (bicyclic) bond motifs is 1. The first-order valence-corrected chi connectivity index (χ1v) is 12.4. The number of para-hydroxylation sites is 2. The van der Waals surface area contributed by atoms with E-state index in [2.05, 4.69) is 10.6 Å². The van der Waals surface area contributed by atoms with Crippen LogP contribution in [0.5, 0.6) is 0 Å². The van der Waals surface area contributed by atoms with Crippen LogP contribution < -0.4 is 21.9 Å². The van der Waals surface area contributed by atoms with Gasteiger partial charge in [-0.25, -0.2) is 9.18 Å². The maximum absolute atomic E-state index is 13.9. The van der Waals surface area contributed by atoms with Crippen LogP contribution in [0.25, 0.3) is 10.9 Å². The molecule has 186 valence electrons. The van der Waals surface area contributed by atoms with Gasteiger partial charge in [0.1, 0.15) is 12.4 Å². The molecule has 0 fully saturated rings. The van der Waals surface area contributed by atoms with Gasteiger partial charge in [-0.15, -0.1) is 11.3 Å². The maximum Gasteiger partial charge on any atom is 0.331 e. The molecule has 0 aliphatic rings. The van der Waals surface area contributed by atoms with E-state index in [0.717, 1.165) is 9.44 Å². The van der Waals surface area contributed by atoms with Crippen molar-refractivity contribution in [2.45, 2.75) is 38.9 Å². The summed E-state index contributed by atoms with van der Waals surface area (Å²) in [6, 6.07) is 16.1. The number of carbonyl (C=O) groups excluding carboxylic acids is 2. The van der Waals surface area contributed by atoms with E-state index in [9.17, 15) is 23.6 Å². The van der Waals surface area contributed by atoms with Crippen molar-refractivity contribution < 1.29 is 14.0 Å². The number of carbonyl (C=O) groups is 2. The summed E-state index contributed by atoms with van der Waals surface area (Å²) in [6.45, 7) is 0.189. The van der Waals surface area contributed by atoms with Crippen LogP contribution in [0.4, 0.5) is 10.1 Å². The van der Waals surface area contributed by atoms with Crippen molar-refractivity contribution in [1.29, 1.82) is 0 Å². The maximum atomic E-state index is 13.9. The van der Waals surface area contributed by atoms with Crippen LogP contribution in [0.1, 0.15) is 24.1 Å². The Hall–Kier alpha value is -4.05. The summed E-state index contributed by atoms with van der Waals surface area (Å²) in [5.74, 6) is -1.29. The van der Waals surface area contributed by atoms with Gasteiger partial charge < -0.3 is 10.6 Å². The van der Waals surface area contributed by atoms with Gasteiger partial charge >= 0.3 is 5.69 Å². The zero-order chi connectivity index (χ0) is 25.5. The molecule has 0 spiro atoms. The summed E-state index contributed by atoms with van der Waals surface area (Å²) in [4.78, 5) is 52.0. The van der Waals surface area contributed by atoms with E-state index >= 15 is 0 Å². The summed E-state index contributed by atoms with van der Waals surface area (Å²) < 4.78 is 16.2. The second-order valence-electron chi connectivity index (χ2n) is 8.18. The van der Waals surface area contributed by atoms with E-state index in [0.29, 0.717) is 30.3 Å². The number of amides is 2. The normalized spacial score (nSPS) is 10.9.